The van der Waals surface area contributed by atoms with E-state index in [1.807, 2.05) is 47.4 Å². The van der Waals surface area contributed by atoms with Crippen molar-refractivity contribution < 1.29 is 78.9 Å². The molecule has 1 saturated carbocycles. The molecule has 4 rings (SSSR count). The fourth-order valence-electron chi connectivity index (χ4n) is 9.04. The Labute approximate surface area is 428 Å². The zero-order chi connectivity index (χ0) is 54.2. The van der Waals surface area contributed by atoms with Crippen LogP contribution in [0.1, 0.15) is 63.4 Å². The van der Waals surface area contributed by atoms with E-state index in [0.717, 1.165) is 16.3 Å². The summed E-state index contributed by atoms with van der Waals surface area (Å²) < 4.78 is 0. The number of carbonyl (C=O) groups is 9. The van der Waals surface area contributed by atoms with Crippen LogP contribution in [-0.4, -0.2) is 225 Å². The molecule has 0 radical (unpaired) electrons. The summed E-state index contributed by atoms with van der Waals surface area (Å²) >= 11 is 0. The van der Waals surface area contributed by atoms with E-state index < -0.39 is 78.5 Å². The van der Waals surface area contributed by atoms with Gasteiger partial charge in [-0.3, -0.25) is 53.2 Å². The van der Waals surface area contributed by atoms with Crippen molar-refractivity contribution in [2.24, 2.45) is 11.8 Å². The molecule has 1 aliphatic heterocycles. The number of unbranched alkanes of at least 4 members (excludes halogenated alkanes) is 1. The topological polar surface area (TPSA) is 368 Å². The van der Waals surface area contributed by atoms with Gasteiger partial charge >= 0.3 is 35.9 Å². The van der Waals surface area contributed by atoms with Crippen LogP contribution in [0.25, 0.3) is 10.8 Å². The lowest BCUT2D eigenvalue weighted by Crippen LogP contribution is -2.52. The molecule has 74 heavy (non-hydrogen) atoms. The lowest BCUT2D eigenvalue weighted by molar-refractivity contribution is -0.140. The molecule has 1 heterocycles. The number of aliphatic hydroxyl groups is 2. The lowest BCUT2D eigenvalue weighted by Gasteiger charge is -2.33. The average molecular weight is 1040 g/mol. The molecule has 12 N–H and O–H groups in total. The molecule has 0 bridgehead atoms. The molecule has 25 heteroatoms. The first kappa shape index (κ1) is 60.0. The van der Waals surface area contributed by atoms with Gasteiger partial charge in [-0.05, 0) is 73.6 Å². The number of carboxylic acid groups (broad SMARTS) is 5. The van der Waals surface area contributed by atoms with Crippen molar-refractivity contribution in [2.45, 2.75) is 88.6 Å². The van der Waals surface area contributed by atoms with E-state index in [4.69, 9.17) is 5.11 Å². The largest absolute Gasteiger partial charge is 0.481 e. The molecule has 3 atom stereocenters. The van der Waals surface area contributed by atoms with E-state index in [0.29, 0.717) is 51.7 Å². The molecular weight excluding hydrogens is 971 g/mol. The van der Waals surface area contributed by atoms with Gasteiger partial charge in [0.1, 0.15) is 12.1 Å². The first-order valence-electron chi connectivity index (χ1n) is 25.0. The lowest BCUT2D eigenvalue weighted by atomic mass is 9.81. The first-order valence-corrected chi connectivity index (χ1v) is 25.0. The second-order valence-corrected chi connectivity index (χ2v) is 19.0. The molecule has 2 aromatic carbocycles. The second kappa shape index (κ2) is 31.3. The van der Waals surface area contributed by atoms with Gasteiger partial charge in [0.15, 0.2) is 6.29 Å². The number of carboxylic acids is 5. The summed E-state index contributed by atoms with van der Waals surface area (Å²) in [6.45, 7) is 1.76. The number of amides is 5. The highest BCUT2D eigenvalue weighted by atomic mass is 16.5. The maximum atomic E-state index is 13.8. The van der Waals surface area contributed by atoms with E-state index in [1.54, 1.807) is 14.7 Å². The number of fused-ring (bicyclic) bond motifs is 1. The fourth-order valence-corrected chi connectivity index (χ4v) is 9.04. The van der Waals surface area contributed by atoms with Gasteiger partial charge in [-0.1, -0.05) is 42.5 Å². The summed E-state index contributed by atoms with van der Waals surface area (Å²) in [5, 5.41) is 81.3. The SMILES string of the molecule is O=C(O)CC[C@H](NC(=O)N[C@@H](CCCCNC(=O)[C@H](Cc1ccc2ccccc2c1)NC(=O)C1CCC(CNC(=O)CN2CCN(CC(=O)O)CCN(CC(=O)O)CCN(CC(=O)O)CC2)CC1)C(=O)O)C(O)O. The smallest absolute Gasteiger partial charge is 0.326 e. The Kier molecular flexibility index (Phi) is 25.4. The minimum absolute atomic E-state index is 0.0259. The minimum atomic E-state index is -2.08. The zero-order valence-corrected chi connectivity index (χ0v) is 41.6. The number of benzene rings is 2. The van der Waals surface area contributed by atoms with Gasteiger partial charge in [-0.2, -0.15) is 0 Å². The van der Waals surface area contributed by atoms with Crippen LogP contribution in [0, 0.1) is 11.8 Å². The molecule has 5 amide bonds. The summed E-state index contributed by atoms with van der Waals surface area (Å²) in [6.07, 6.45) is 0.0692. The number of rotatable bonds is 27. The molecule has 2 aliphatic rings. The molecule has 1 saturated heterocycles. The molecule has 410 valence electrons. The van der Waals surface area contributed by atoms with Crippen molar-refractivity contribution in [3.63, 3.8) is 0 Å². The van der Waals surface area contributed by atoms with Crippen LogP contribution in [0.2, 0.25) is 0 Å². The Morgan fingerprint density at radius 2 is 1.11 bits per heavy atom. The standard InChI is InChI=1S/C49H73N9O16/c59-40(28-55-17-19-56(29-42(62)63)21-23-58(31-44(66)67)24-22-57(20-18-55)30-43(64)65)51-27-32-8-12-35(13-9-32)45(68)52-39(26-33-10-11-34-5-1-2-6-36(34)25-33)46(69)50-16-4-3-7-37(47(70)71)53-49(74)54-38(48(72)73)14-15-41(60)61/h1-2,5-6,10-11,25,32,35,37-39,48,72-73H,3-4,7-9,12-24,26-31H2,(H,50,69)(H,51,59)(H,52,68)(H,60,61)(H,62,63)(H,64,65)(H,66,67)(H,70,71)(H2,53,54,74)/t32?,35?,37-,38-,39-/m0/s1. The molecule has 0 aromatic heterocycles. The van der Waals surface area contributed by atoms with Gasteiger partial charge in [-0.15, -0.1) is 0 Å². The number of urea groups is 1. The average Bonchev–Trinajstić information content (AvgIpc) is 3.34. The summed E-state index contributed by atoms with van der Waals surface area (Å²) in [5.74, 6) is -7.09. The summed E-state index contributed by atoms with van der Waals surface area (Å²) in [4.78, 5) is 118. The van der Waals surface area contributed by atoms with E-state index in [-0.39, 0.29) is 115 Å². The highest BCUT2D eigenvalue weighted by Crippen LogP contribution is 2.29. The number of aliphatic hydroxyl groups excluding tert-OH is 1. The van der Waals surface area contributed by atoms with Gasteiger partial charge in [0, 0.05) is 84.2 Å². The Hall–Kier alpha value is -6.51. The van der Waals surface area contributed by atoms with Crippen molar-refractivity contribution in [3.8, 4) is 0 Å². The number of aliphatic carboxylic acids is 5. The predicted octanol–water partition coefficient (Wildman–Crippen LogP) is -1.15. The van der Waals surface area contributed by atoms with E-state index >= 15 is 0 Å². The minimum Gasteiger partial charge on any atom is -0.481 e. The molecule has 2 aromatic rings. The van der Waals surface area contributed by atoms with Crippen molar-refractivity contribution >= 4 is 64.4 Å². The van der Waals surface area contributed by atoms with Crippen molar-refractivity contribution in [3.05, 3.63) is 48.0 Å². The zero-order valence-electron chi connectivity index (χ0n) is 41.6. The third kappa shape index (κ3) is 22.7. The van der Waals surface area contributed by atoms with Gasteiger partial charge in [0.05, 0.1) is 32.2 Å². The van der Waals surface area contributed by atoms with Crippen LogP contribution in [0.15, 0.2) is 42.5 Å². The predicted molar refractivity (Wildman–Crippen MR) is 266 cm³/mol. The van der Waals surface area contributed by atoms with Crippen molar-refractivity contribution in [1.29, 1.82) is 0 Å². The Morgan fingerprint density at radius 3 is 1.62 bits per heavy atom. The summed E-state index contributed by atoms with van der Waals surface area (Å²) in [7, 11) is 0. The normalized spacial score (nSPS) is 18.9. The monoisotopic (exact) mass is 1040 g/mol. The highest BCUT2D eigenvalue weighted by Gasteiger charge is 2.31. The van der Waals surface area contributed by atoms with E-state index in [2.05, 4.69) is 26.6 Å². The number of nitrogens with zero attached hydrogens (tertiary/aromatic N) is 4. The summed E-state index contributed by atoms with van der Waals surface area (Å²) in [6, 6.07) is 8.76. The number of hydrogen-bond acceptors (Lipinski definition) is 15. The van der Waals surface area contributed by atoms with Gasteiger partial charge in [0.25, 0.3) is 0 Å². The number of nitrogens with one attached hydrogen (secondary N) is 5. The van der Waals surface area contributed by atoms with Crippen LogP contribution in [0.3, 0.4) is 0 Å². The molecule has 25 nitrogen and oxygen atoms in total. The maximum Gasteiger partial charge on any atom is 0.326 e. The highest BCUT2D eigenvalue weighted by molar-refractivity contribution is 5.89. The third-order valence-electron chi connectivity index (χ3n) is 13.2. The van der Waals surface area contributed by atoms with E-state index in [9.17, 15) is 73.8 Å². The van der Waals surface area contributed by atoms with Crippen LogP contribution in [0.4, 0.5) is 4.79 Å². The first-order chi connectivity index (χ1) is 35.2. The molecule has 0 unspecified atom stereocenters. The summed E-state index contributed by atoms with van der Waals surface area (Å²) in [5.41, 5.74) is 0.809. The van der Waals surface area contributed by atoms with Crippen molar-refractivity contribution in [2.75, 3.05) is 91.6 Å². The Balaban J connectivity index is 1.30. The van der Waals surface area contributed by atoms with Crippen molar-refractivity contribution in [1.82, 2.24) is 46.2 Å². The molecule has 0 spiro atoms. The molecule has 2 fully saturated rings. The van der Waals surface area contributed by atoms with Gasteiger partial charge in [-0.25, -0.2) is 9.59 Å². The number of carbonyl (C=O) groups excluding carboxylic acids is 4. The quantitative estimate of drug-likeness (QED) is 0.0371. The van der Waals surface area contributed by atoms with Gasteiger partial charge in [0.2, 0.25) is 17.7 Å². The Bertz CT molecular complexity index is 2180. The fraction of sp³-hybridized carbons (Fsp3) is 0.612. The maximum absolute atomic E-state index is 13.8. The Morgan fingerprint density at radius 1 is 0.568 bits per heavy atom. The number of hydrogen-bond donors (Lipinski definition) is 12. The second-order valence-electron chi connectivity index (χ2n) is 19.0. The van der Waals surface area contributed by atoms with Crippen LogP contribution in [-0.2, 0) is 44.8 Å². The van der Waals surface area contributed by atoms with E-state index in [1.165, 1.54) is 0 Å². The molecular formula is C49H73N9O16. The van der Waals surface area contributed by atoms with Crippen LogP contribution in [0.5, 0.6) is 0 Å². The van der Waals surface area contributed by atoms with Crippen LogP contribution < -0.4 is 26.6 Å². The van der Waals surface area contributed by atoms with Gasteiger partial charge < -0.3 is 62.3 Å². The molecule has 1 aliphatic carbocycles. The van der Waals surface area contributed by atoms with Crippen LogP contribution >= 0.6 is 0 Å². The third-order valence-corrected chi connectivity index (χ3v) is 13.2.